The van der Waals surface area contributed by atoms with Gasteiger partial charge in [-0.05, 0) is 17.5 Å². The van der Waals surface area contributed by atoms with Crippen LogP contribution in [-0.2, 0) is 6.54 Å². The summed E-state index contributed by atoms with van der Waals surface area (Å²) in [7, 11) is 1.71. The molecule has 2 heterocycles. The Balaban J connectivity index is 1.68. The molecule has 8 heteroatoms. The second-order valence-corrected chi connectivity index (χ2v) is 6.92. The summed E-state index contributed by atoms with van der Waals surface area (Å²) in [5, 5.41) is 16.0. The Morgan fingerprint density at radius 2 is 2.04 bits per heavy atom. The third-order valence-electron chi connectivity index (χ3n) is 4.33. The van der Waals surface area contributed by atoms with Crippen LogP contribution >= 0.6 is 11.3 Å². The number of amides is 1. The molecule has 0 bridgehead atoms. The van der Waals surface area contributed by atoms with E-state index >= 15 is 0 Å². The minimum Gasteiger partial charge on any atom is -0.387 e. The smallest absolute Gasteiger partial charge is 0.270 e. The van der Waals surface area contributed by atoms with Gasteiger partial charge in [-0.2, -0.15) is 0 Å². The number of nitro benzene ring substituents is 1. The van der Waals surface area contributed by atoms with Crippen molar-refractivity contribution in [3.8, 4) is 0 Å². The van der Waals surface area contributed by atoms with Gasteiger partial charge in [0.1, 0.15) is 0 Å². The molecule has 1 aliphatic heterocycles. The van der Waals surface area contributed by atoms with Gasteiger partial charge in [-0.3, -0.25) is 19.8 Å². The van der Waals surface area contributed by atoms with Crippen molar-refractivity contribution in [3.05, 3.63) is 56.3 Å². The molecule has 0 atom stereocenters. The Labute approximate surface area is 150 Å². The summed E-state index contributed by atoms with van der Waals surface area (Å²) in [5.74, 6) is -0.163. The highest BCUT2D eigenvalue weighted by molar-refractivity contribution is 7.09. The normalized spacial score (nSPS) is 15.2. The van der Waals surface area contributed by atoms with Crippen LogP contribution in [-0.4, -0.2) is 53.9 Å². The first kappa shape index (κ1) is 17.4. The van der Waals surface area contributed by atoms with Crippen LogP contribution in [0.4, 0.5) is 11.4 Å². The summed E-state index contributed by atoms with van der Waals surface area (Å²) in [6, 6.07) is 8.50. The average molecular weight is 360 g/mol. The quantitative estimate of drug-likeness (QED) is 0.655. The molecule has 0 aliphatic carbocycles. The maximum Gasteiger partial charge on any atom is 0.270 e. The highest BCUT2D eigenvalue weighted by atomic mass is 32.1. The van der Waals surface area contributed by atoms with Gasteiger partial charge in [0.05, 0.1) is 10.5 Å². The molecule has 1 amide bonds. The molecule has 1 aliphatic rings. The van der Waals surface area contributed by atoms with Crippen molar-refractivity contribution >= 4 is 28.6 Å². The maximum atomic E-state index is 12.8. The van der Waals surface area contributed by atoms with E-state index in [1.807, 2.05) is 6.07 Å². The monoisotopic (exact) mass is 360 g/mol. The van der Waals surface area contributed by atoms with Gasteiger partial charge in [0.2, 0.25) is 0 Å². The fourth-order valence-electron chi connectivity index (χ4n) is 2.94. The Kier molecular flexibility index (Phi) is 5.30. The first-order valence-corrected chi connectivity index (χ1v) is 8.96. The molecule has 1 aromatic carbocycles. The van der Waals surface area contributed by atoms with E-state index in [1.54, 1.807) is 29.4 Å². The third-order valence-corrected chi connectivity index (χ3v) is 5.19. The molecule has 1 N–H and O–H groups in total. The summed E-state index contributed by atoms with van der Waals surface area (Å²) in [5.41, 5.74) is 0.888. The van der Waals surface area contributed by atoms with Crippen LogP contribution < -0.4 is 5.32 Å². The molecule has 7 nitrogen and oxygen atoms in total. The van der Waals surface area contributed by atoms with Gasteiger partial charge < -0.3 is 10.2 Å². The number of non-ortho nitro benzene ring substituents is 1. The second kappa shape index (κ2) is 7.62. The SMILES string of the molecule is CNc1ccc([N+](=O)[O-])cc1C(=O)N1CCN(Cc2cccs2)CC1. The number of anilines is 1. The largest absolute Gasteiger partial charge is 0.387 e. The van der Waals surface area contributed by atoms with Gasteiger partial charge >= 0.3 is 0 Å². The van der Waals surface area contributed by atoms with E-state index in [9.17, 15) is 14.9 Å². The van der Waals surface area contributed by atoms with Crippen LogP contribution in [0.2, 0.25) is 0 Å². The average Bonchev–Trinajstić information content (AvgIpc) is 3.14. The van der Waals surface area contributed by atoms with E-state index in [0.717, 1.165) is 19.6 Å². The Morgan fingerprint density at radius 1 is 1.28 bits per heavy atom. The summed E-state index contributed by atoms with van der Waals surface area (Å²) in [6.45, 7) is 3.74. The molecule has 1 aromatic heterocycles. The predicted octanol–water partition coefficient (Wildman–Crippen LogP) is 2.66. The zero-order valence-electron chi connectivity index (χ0n) is 14.0. The first-order valence-electron chi connectivity index (χ1n) is 8.08. The van der Waals surface area contributed by atoms with E-state index in [0.29, 0.717) is 24.3 Å². The highest BCUT2D eigenvalue weighted by Gasteiger charge is 2.25. The molecular formula is C17H20N4O3S. The number of benzene rings is 1. The van der Waals surface area contributed by atoms with Crippen molar-refractivity contribution in [1.82, 2.24) is 9.80 Å². The fourth-order valence-corrected chi connectivity index (χ4v) is 3.69. The Bertz CT molecular complexity index is 755. The predicted molar refractivity (Wildman–Crippen MR) is 98.1 cm³/mol. The summed E-state index contributed by atoms with van der Waals surface area (Å²) in [4.78, 5) is 28.8. The molecule has 2 aromatic rings. The van der Waals surface area contributed by atoms with Gasteiger partial charge in [0.25, 0.3) is 11.6 Å². The van der Waals surface area contributed by atoms with E-state index in [2.05, 4.69) is 21.7 Å². The van der Waals surface area contributed by atoms with Crippen molar-refractivity contribution in [2.45, 2.75) is 6.54 Å². The molecule has 0 saturated carbocycles. The van der Waals surface area contributed by atoms with Crippen LogP contribution in [0.5, 0.6) is 0 Å². The Morgan fingerprint density at radius 3 is 2.64 bits per heavy atom. The lowest BCUT2D eigenvalue weighted by molar-refractivity contribution is -0.384. The zero-order chi connectivity index (χ0) is 17.8. The molecule has 0 spiro atoms. The van der Waals surface area contributed by atoms with Crippen LogP contribution in [0.3, 0.4) is 0 Å². The number of hydrogen-bond acceptors (Lipinski definition) is 6. The number of carbonyl (C=O) groups is 1. The number of thiophene rings is 1. The number of piperazine rings is 1. The van der Waals surface area contributed by atoms with Crippen molar-refractivity contribution in [2.75, 3.05) is 38.5 Å². The molecule has 132 valence electrons. The van der Waals surface area contributed by atoms with E-state index in [-0.39, 0.29) is 11.6 Å². The van der Waals surface area contributed by atoms with Crippen molar-refractivity contribution in [3.63, 3.8) is 0 Å². The maximum absolute atomic E-state index is 12.8. The minimum atomic E-state index is -0.477. The first-order chi connectivity index (χ1) is 12.1. The highest BCUT2D eigenvalue weighted by Crippen LogP contribution is 2.24. The number of carbonyl (C=O) groups excluding carboxylic acids is 1. The van der Waals surface area contributed by atoms with Crippen LogP contribution in [0, 0.1) is 10.1 Å². The van der Waals surface area contributed by atoms with Crippen LogP contribution in [0.1, 0.15) is 15.2 Å². The fraction of sp³-hybridized carbons (Fsp3) is 0.353. The van der Waals surface area contributed by atoms with Crippen LogP contribution in [0.15, 0.2) is 35.7 Å². The van der Waals surface area contributed by atoms with E-state index in [4.69, 9.17) is 0 Å². The number of hydrogen-bond donors (Lipinski definition) is 1. The number of nitrogens with one attached hydrogen (secondary N) is 1. The second-order valence-electron chi connectivity index (χ2n) is 5.88. The number of nitrogens with zero attached hydrogens (tertiary/aromatic N) is 3. The van der Waals surface area contributed by atoms with Gasteiger partial charge in [-0.25, -0.2) is 0 Å². The van der Waals surface area contributed by atoms with E-state index in [1.165, 1.54) is 17.0 Å². The number of rotatable bonds is 5. The topological polar surface area (TPSA) is 78.7 Å². The van der Waals surface area contributed by atoms with Crippen molar-refractivity contribution in [2.24, 2.45) is 0 Å². The standard InChI is InChI=1S/C17H20N4O3S/c1-18-16-5-4-13(21(23)24)11-15(16)17(22)20-8-6-19(7-9-20)12-14-3-2-10-25-14/h2-5,10-11,18H,6-9,12H2,1H3. The Hall–Kier alpha value is -2.45. The lowest BCUT2D eigenvalue weighted by Crippen LogP contribution is -2.48. The molecule has 1 saturated heterocycles. The molecule has 3 rings (SSSR count). The summed E-state index contributed by atoms with van der Waals surface area (Å²) >= 11 is 1.74. The summed E-state index contributed by atoms with van der Waals surface area (Å²) in [6.07, 6.45) is 0. The van der Waals surface area contributed by atoms with E-state index < -0.39 is 4.92 Å². The third kappa shape index (κ3) is 3.97. The van der Waals surface area contributed by atoms with Gasteiger partial charge in [-0.15, -0.1) is 11.3 Å². The molecule has 0 radical (unpaired) electrons. The van der Waals surface area contributed by atoms with Gasteiger partial charge in [0.15, 0.2) is 0 Å². The summed E-state index contributed by atoms with van der Waals surface area (Å²) < 4.78 is 0. The van der Waals surface area contributed by atoms with Crippen molar-refractivity contribution in [1.29, 1.82) is 0 Å². The number of nitro groups is 1. The molecule has 0 unspecified atom stereocenters. The van der Waals surface area contributed by atoms with Gasteiger partial charge in [0, 0.05) is 62.5 Å². The lowest BCUT2D eigenvalue weighted by atomic mass is 10.1. The molecule has 25 heavy (non-hydrogen) atoms. The van der Waals surface area contributed by atoms with Gasteiger partial charge in [-0.1, -0.05) is 6.07 Å². The molecular weight excluding hydrogens is 340 g/mol. The van der Waals surface area contributed by atoms with Crippen LogP contribution in [0.25, 0.3) is 0 Å². The molecule has 1 fully saturated rings. The minimum absolute atomic E-state index is 0.0707. The van der Waals surface area contributed by atoms with Crippen molar-refractivity contribution < 1.29 is 9.72 Å². The zero-order valence-corrected chi connectivity index (χ0v) is 14.8. The lowest BCUT2D eigenvalue weighted by Gasteiger charge is -2.34.